The van der Waals surface area contributed by atoms with E-state index in [-0.39, 0.29) is 5.82 Å². The first kappa shape index (κ1) is 23.2. The Hall–Kier alpha value is -4.70. The van der Waals surface area contributed by atoms with Crippen molar-refractivity contribution in [1.82, 2.24) is 34.7 Å². The van der Waals surface area contributed by atoms with E-state index in [0.29, 0.717) is 51.1 Å². The van der Waals surface area contributed by atoms with Gasteiger partial charge in [-0.3, -0.25) is 15.0 Å². The fraction of sp³-hybridized carbons (Fsp3) is 0.200. The van der Waals surface area contributed by atoms with Crippen molar-refractivity contribution in [2.75, 3.05) is 25.0 Å². The van der Waals surface area contributed by atoms with Gasteiger partial charge in [-0.1, -0.05) is 6.07 Å². The van der Waals surface area contributed by atoms with Crippen molar-refractivity contribution in [2.24, 2.45) is 0 Å². The van der Waals surface area contributed by atoms with Crippen LogP contribution in [-0.2, 0) is 0 Å². The van der Waals surface area contributed by atoms with E-state index in [1.807, 2.05) is 24.3 Å². The van der Waals surface area contributed by atoms with Gasteiger partial charge in [0.1, 0.15) is 22.8 Å². The summed E-state index contributed by atoms with van der Waals surface area (Å²) in [5.74, 6) is -0.713. The maximum absolute atomic E-state index is 15.8. The molecule has 6 heterocycles. The molecule has 0 unspecified atom stereocenters. The van der Waals surface area contributed by atoms with Gasteiger partial charge in [0.25, 0.3) is 0 Å². The zero-order valence-electron chi connectivity index (χ0n) is 21.6. The molecule has 10 heteroatoms. The normalized spacial score (nSPS) is 18.9. The Morgan fingerprint density at radius 3 is 2.52 bits per heavy atom. The summed E-state index contributed by atoms with van der Waals surface area (Å²) in [5.41, 5.74) is 5.61. The summed E-state index contributed by atoms with van der Waals surface area (Å²) in [5, 5.41) is 12.4. The molecule has 2 aromatic carbocycles. The number of hydrogen-bond donors (Lipinski definition) is 1. The van der Waals surface area contributed by atoms with Crippen LogP contribution in [0.15, 0.2) is 73.3 Å². The number of aromatic amines is 1. The molecule has 1 N–H and O–H groups in total. The third-order valence-corrected chi connectivity index (χ3v) is 8.38. The highest BCUT2D eigenvalue weighted by molar-refractivity contribution is 6.03. The molecule has 6 aromatic rings. The Kier molecular flexibility index (Phi) is 5.02. The van der Waals surface area contributed by atoms with Gasteiger partial charge < -0.3 is 4.90 Å². The Labute approximate surface area is 227 Å². The van der Waals surface area contributed by atoms with Gasteiger partial charge in [0.05, 0.1) is 17.5 Å². The maximum Gasteiger partial charge on any atom is 0.164 e. The van der Waals surface area contributed by atoms with Crippen molar-refractivity contribution < 1.29 is 8.78 Å². The smallest absolute Gasteiger partial charge is 0.164 e. The Balaban J connectivity index is 1.31. The predicted molar refractivity (Wildman–Crippen MR) is 149 cm³/mol. The molecule has 2 aliphatic rings. The minimum absolute atomic E-state index is 0.303. The van der Waals surface area contributed by atoms with E-state index in [0.717, 1.165) is 36.3 Å². The molecule has 40 heavy (non-hydrogen) atoms. The lowest BCUT2D eigenvalue weighted by Gasteiger charge is -2.33. The quantitative estimate of drug-likeness (QED) is 0.336. The number of pyridine rings is 1. The first-order valence-corrected chi connectivity index (χ1v) is 13.2. The van der Waals surface area contributed by atoms with E-state index in [1.165, 1.54) is 6.07 Å². The highest BCUT2D eigenvalue weighted by Crippen LogP contribution is 2.40. The molecule has 8 rings (SSSR count). The number of anilines is 1. The lowest BCUT2D eigenvalue weighted by Crippen LogP contribution is -2.44. The average molecular weight is 535 g/mol. The number of nitrogens with zero attached hydrogens (tertiary/aromatic N) is 7. The topological polar surface area (TPSA) is 78.2 Å². The molecule has 0 amide bonds. The molecule has 0 radical (unpaired) electrons. The van der Waals surface area contributed by atoms with Crippen molar-refractivity contribution >= 4 is 22.2 Å². The minimum Gasteiger partial charge on any atom is -0.366 e. The number of halogens is 2. The van der Waals surface area contributed by atoms with Gasteiger partial charge in [0, 0.05) is 66.0 Å². The molecular weight excluding hydrogens is 510 g/mol. The van der Waals surface area contributed by atoms with Crippen molar-refractivity contribution in [1.29, 1.82) is 0 Å². The summed E-state index contributed by atoms with van der Waals surface area (Å²) in [4.78, 5) is 13.5. The summed E-state index contributed by atoms with van der Waals surface area (Å²) in [6.07, 6.45) is 7.75. The summed E-state index contributed by atoms with van der Waals surface area (Å²) >= 11 is 0. The van der Waals surface area contributed by atoms with E-state index in [9.17, 15) is 4.39 Å². The largest absolute Gasteiger partial charge is 0.366 e. The van der Waals surface area contributed by atoms with Crippen molar-refractivity contribution in [2.45, 2.75) is 18.5 Å². The monoisotopic (exact) mass is 534 g/mol. The molecule has 0 spiro atoms. The number of likely N-dealkylation sites (N-methyl/N-ethyl adjacent to an activating group) is 1. The van der Waals surface area contributed by atoms with Crippen LogP contribution >= 0.6 is 0 Å². The van der Waals surface area contributed by atoms with Gasteiger partial charge in [-0.05, 0) is 61.5 Å². The third kappa shape index (κ3) is 3.39. The van der Waals surface area contributed by atoms with E-state index in [1.54, 1.807) is 47.5 Å². The molecule has 198 valence electrons. The van der Waals surface area contributed by atoms with Gasteiger partial charge in [0.15, 0.2) is 5.65 Å². The van der Waals surface area contributed by atoms with Gasteiger partial charge in [-0.25, -0.2) is 18.3 Å². The fourth-order valence-electron chi connectivity index (χ4n) is 6.40. The van der Waals surface area contributed by atoms with E-state index in [4.69, 9.17) is 5.10 Å². The molecule has 2 bridgehead atoms. The number of H-pyrrole nitrogens is 1. The van der Waals surface area contributed by atoms with Crippen molar-refractivity contribution in [3.05, 3.63) is 85.0 Å². The zero-order chi connectivity index (χ0) is 27.0. The number of piperazine rings is 1. The van der Waals surface area contributed by atoms with Crippen LogP contribution in [0.1, 0.15) is 6.42 Å². The zero-order valence-corrected chi connectivity index (χ0v) is 21.6. The first-order chi connectivity index (χ1) is 19.6. The van der Waals surface area contributed by atoms with Gasteiger partial charge in [-0.2, -0.15) is 10.2 Å². The number of likely N-dealkylation sites (tertiary alicyclic amines) is 1. The van der Waals surface area contributed by atoms with Crippen LogP contribution in [0.5, 0.6) is 0 Å². The molecule has 0 aliphatic carbocycles. The summed E-state index contributed by atoms with van der Waals surface area (Å²) < 4.78 is 32.1. The van der Waals surface area contributed by atoms with Crippen LogP contribution in [0.4, 0.5) is 14.5 Å². The van der Waals surface area contributed by atoms with Gasteiger partial charge >= 0.3 is 0 Å². The molecule has 2 atom stereocenters. The molecule has 2 aliphatic heterocycles. The average Bonchev–Trinajstić information content (AvgIpc) is 3.77. The Morgan fingerprint density at radius 1 is 0.900 bits per heavy atom. The number of benzene rings is 2. The lowest BCUT2D eigenvalue weighted by atomic mass is 9.98. The van der Waals surface area contributed by atoms with E-state index >= 15 is 4.39 Å². The number of hydrogen-bond acceptors (Lipinski definition) is 6. The number of aromatic nitrogens is 6. The summed E-state index contributed by atoms with van der Waals surface area (Å²) in [7, 11) is 2.16. The maximum atomic E-state index is 15.8. The predicted octanol–water partition coefficient (Wildman–Crippen LogP) is 5.17. The molecule has 0 saturated carbocycles. The molecular formula is C30H24F2N8. The first-order valence-electron chi connectivity index (χ1n) is 13.2. The lowest BCUT2D eigenvalue weighted by molar-refractivity contribution is 0.292. The number of rotatable bonds is 4. The molecule has 8 nitrogen and oxygen atoms in total. The van der Waals surface area contributed by atoms with Gasteiger partial charge in [-0.15, -0.1) is 0 Å². The summed E-state index contributed by atoms with van der Waals surface area (Å²) in [6, 6.07) is 15.0. The van der Waals surface area contributed by atoms with Crippen molar-refractivity contribution in [3.63, 3.8) is 0 Å². The van der Waals surface area contributed by atoms with Crippen LogP contribution < -0.4 is 4.90 Å². The third-order valence-electron chi connectivity index (χ3n) is 8.38. The van der Waals surface area contributed by atoms with Crippen LogP contribution in [0.3, 0.4) is 0 Å². The van der Waals surface area contributed by atoms with Crippen LogP contribution in [-0.4, -0.2) is 66.9 Å². The SMILES string of the molecule is CN1C[C@H]2C[C@@H]1CN2c1ccc(-c2ccnc3c(-c4ccc(F)c5[nH]ncc45)c(-c4ccncc4)nn23)c(F)c1. The Morgan fingerprint density at radius 2 is 1.75 bits per heavy atom. The van der Waals surface area contributed by atoms with Gasteiger partial charge in [0.2, 0.25) is 0 Å². The van der Waals surface area contributed by atoms with Crippen LogP contribution in [0.2, 0.25) is 0 Å². The fourth-order valence-corrected chi connectivity index (χ4v) is 6.40. The van der Waals surface area contributed by atoms with Crippen LogP contribution in [0, 0.1) is 11.6 Å². The van der Waals surface area contributed by atoms with Crippen LogP contribution in [0.25, 0.3) is 50.2 Å². The van der Waals surface area contributed by atoms with E-state index < -0.39 is 5.82 Å². The molecule has 2 fully saturated rings. The second-order valence-electron chi connectivity index (χ2n) is 10.6. The number of nitrogens with one attached hydrogen (secondary N) is 1. The highest BCUT2D eigenvalue weighted by atomic mass is 19.1. The molecule has 2 saturated heterocycles. The van der Waals surface area contributed by atoms with Crippen molar-refractivity contribution in [3.8, 4) is 33.6 Å². The highest BCUT2D eigenvalue weighted by Gasteiger charge is 2.41. The minimum atomic E-state index is -0.396. The standard InChI is InChI=1S/C30H24F2N8/c1-38-15-20-12-19(38)16-39(20)18-2-3-22(25(32)13-18)26-8-11-34-30-27(21-4-5-24(31)29-23(21)14-35-36-29)28(37-40(26)30)17-6-9-33-10-7-17/h2-11,13-14,19-20H,12,15-16H2,1H3,(H,35,36)/t19-,20-/m1/s1. The second-order valence-corrected chi connectivity index (χ2v) is 10.6. The Bertz CT molecular complexity index is 1910. The second kappa shape index (κ2) is 8.65. The summed E-state index contributed by atoms with van der Waals surface area (Å²) in [6.45, 7) is 1.91. The van der Waals surface area contributed by atoms with E-state index in [2.05, 4.69) is 37.0 Å². The molecule has 4 aromatic heterocycles. The number of fused-ring (bicyclic) bond motifs is 4.